The van der Waals surface area contributed by atoms with Crippen LogP contribution in [0.5, 0.6) is 5.75 Å². The van der Waals surface area contributed by atoms with Crippen LogP contribution < -0.4 is 15.0 Å². The number of aryl methyl sites for hydroxylation is 1. The minimum atomic E-state index is -1.54. The molecule has 5 rings (SSSR count). The average Bonchev–Trinajstić information content (AvgIpc) is 3.51. The van der Waals surface area contributed by atoms with E-state index in [9.17, 15) is 24.3 Å². The molecule has 0 bridgehead atoms. The smallest absolute Gasteiger partial charge is 0.326 e. The molecule has 1 aliphatic rings. The Balaban J connectivity index is 1.23. The molecule has 0 fully saturated rings. The van der Waals surface area contributed by atoms with Crippen LogP contribution in [0.1, 0.15) is 58.3 Å². The molecule has 4 aromatic rings. The van der Waals surface area contributed by atoms with Gasteiger partial charge in [0.1, 0.15) is 11.8 Å². The second kappa shape index (κ2) is 14.8. The standard InChI is InChI=1S/C36H38N4O7/c1-23-8-3-14-32(24(23)2)47-17-7-15-33(41)40-16-6-12-29-28(11-5-13-31(29)40)27-20-37-39(22-27)21-25-9-4-10-26(18-25)35(44)38-30(36(45)46)19-34(42)43/h3-5,8-11,13-14,18,20,22,30H,6-7,12,15-17,19,21H2,1-2H3,(H,38,44)(H,42,43)(H,45,46). The quantitative estimate of drug-likeness (QED) is 0.173. The third-order valence-corrected chi connectivity index (χ3v) is 8.36. The van der Waals surface area contributed by atoms with Crippen molar-refractivity contribution in [3.63, 3.8) is 0 Å². The van der Waals surface area contributed by atoms with Gasteiger partial charge >= 0.3 is 11.9 Å². The number of amides is 2. The van der Waals surface area contributed by atoms with Crippen LogP contribution in [0, 0.1) is 13.8 Å². The Morgan fingerprint density at radius 2 is 1.81 bits per heavy atom. The molecule has 3 aromatic carbocycles. The first-order chi connectivity index (χ1) is 22.6. The summed E-state index contributed by atoms with van der Waals surface area (Å²) in [7, 11) is 0. The monoisotopic (exact) mass is 638 g/mol. The third kappa shape index (κ3) is 8.04. The van der Waals surface area contributed by atoms with Gasteiger partial charge in [-0.15, -0.1) is 0 Å². The first-order valence-corrected chi connectivity index (χ1v) is 15.6. The predicted octanol–water partition coefficient (Wildman–Crippen LogP) is 5.01. The van der Waals surface area contributed by atoms with Crippen LogP contribution >= 0.6 is 0 Å². The summed E-state index contributed by atoms with van der Waals surface area (Å²) in [5.41, 5.74) is 7.19. The maximum Gasteiger partial charge on any atom is 0.326 e. The van der Waals surface area contributed by atoms with Crippen LogP contribution in [-0.2, 0) is 27.3 Å². The highest BCUT2D eigenvalue weighted by molar-refractivity contribution is 5.97. The molecule has 11 nitrogen and oxygen atoms in total. The molecule has 0 spiro atoms. The van der Waals surface area contributed by atoms with Crippen LogP contribution in [0.4, 0.5) is 5.69 Å². The molecule has 11 heteroatoms. The Bertz CT molecular complexity index is 1800. The van der Waals surface area contributed by atoms with Crippen LogP contribution in [0.15, 0.2) is 73.1 Å². The van der Waals surface area contributed by atoms with Crippen LogP contribution in [0.3, 0.4) is 0 Å². The summed E-state index contributed by atoms with van der Waals surface area (Å²) in [6.45, 7) is 5.57. The average molecular weight is 639 g/mol. The highest BCUT2D eigenvalue weighted by Gasteiger charge is 2.26. The Kier molecular flexibility index (Phi) is 10.3. The molecule has 1 aliphatic heterocycles. The number of fused-ring (bicyclic) bond motifs is 1. The molecule has 0 aliphatic carbocycles. The largest absolute Gasteiger partial charge is 0.493 e. The molecule has 2 amide bonds. The van der Waals surface area contributed by atoms with E-state index >= 15 is 0 Å². The molecule has 2 heterocycles. The maximum atomic E-state index is 13.3. The van der Waals surface area contributed by atoms with Crippen LogP contribution in [0.2, 0.25) is 0 Å². The number of aromatic nitrogens is 2. The highest BCUT2D eigenvalue weighted by atomic mass is 16.5. The molecule has 0 radical (unpaired) electrons. The SMILES string of the molecule is Cc1cccc(OCCCC(=O)N2CCCc3c(-c4cnn(Cc5cccc(C(=O)NC(CC(=O)O)C(=O)O)c5)c4)cccc32)c1C. The van der Waals surface area contributed by atoms with Crippen molar-refractivity contribution in [1.29, 1.82) is 0 Å². The minimum absolute atomic E-state index is 0.0740. The predicted molar refractivity (Wildman–Crippen MR) is 176 cm³/mol. The van der Waals surface area contributed by atoms with Gasteiger partial charge in [0.15, 0.2) is 0 Å². The fourth-order valence-corrected chi connectivity index (χ4v) is 5.78. The van der Waals surface area contributed by atoms with Gasteiger partial charge in [-0.3, -0.25) is 19.1 Å². The van der Waals surface area contributed by atoms with E-state index in [0.717, 1.165) is 52.1 Å². The minimum Gasteiger partial charge on any atom is -0.493 e. The molecule has 1 aromatic heterocycles. The van der Waals surface area contributed by atoms with E-state index in [1.165, 1.54) is 11.6 Å². The Morgan fingerprint density at radius 1 is 1.02 bits per heavy atom. The van der Waals surface area contributed by atoms with Gasteiger partial charge in [0.2, 0.25) is 5.91 Å². The normalized spacial score (nSPS) is 13.0. The van der Waals surface area contributed by atoms with Gasteiger partial charge in [-0.2, -0.15) is 5.10 Å². The van der Waals surface area contributed by atoms with E-state index in [-0.39, 0.29) is 11.5 Å². The molecule has 3 N–H and O–H groups in total. The van der Waals surface area contributed by atoms with E-state index in [0.29, 0.717) is 32.5 Å². The lowest BCUT2D eigenvalue weighted by Crippen LogP contribution is -2.42. The van der Waals surface area contributed by atoms with Gasteiger partial charge in [-0.1, -0.05) is 36.4 Å². The summed E-state index contributed by atoms with van der Waals surface area (Å²) in [5, 5.41) is 25.0. The number of hydrogen-bond acceptors (Lipinski definition) is 6. The number of aliphatic carboxylic acids is 2. The van der Waals surface area contributed by atoms with Crippen molar-refractivity contribution < 1.29 is 34.1 Å². The number of carbonyl (C=O) groups is 4. The summed E-state index contributed by atoms with van der Waals surface area (Å²) in [5.74, 6) is -2.49. The van der Waals surface area contributed by atoms with Gasteiger partial charge in [0.05, 0.1) is 25.8 Å². The van der Waals surface area contributed by atoms with Crippen molar-refractivity contribution in [2.24, 2.45) is 0 Å². The fourth-order valence-electron chi connectivity index (χ4n) is 5.78. The summed E-state index contributed by atoms with van der Waals surface area (Å²) in [6, 6.07) is 17.1. The van der Waals surface area contributed by atoms with E-state index in [2.05, 4.69) is 23.4 Å². The summed E-state index contributed by atoms with van der Waals surface area (Å²) < 4.78 is 7.71. The number of anilines is 1. The number of nitrogens with one attached hydrogen (secondary N) is 1. The van der Waals surface area contributed by atoms with Gasteiger partial charge in [0.25, 0.3) is 5.91 Å². The lowest BCUT2D eigenvalue weighted by Gasteiger charge is -2.31. The molecular formula is C36H38N4O7. The van der Waals surface area contributed by atoms with E-state index in [1.54, 1.807) is 23.0 Å². The van der Waals surface area contributed by atoms with Crippen molar-refractivity contribution >= 4 is 29.4 Å². The van der Waals surface area contributed by atoms with Crippen LogP contribution in [-0.4, -0.2) is 62.9 Å². The zero-order chi connectivity index (χ0) is 33.5. The highest BCUT2D eigenvalue weighted by Crippen LogP contribution is 2.36. The number of nitrogens with zero attached hydrogens (tertiary/aromatic N) is 3. The third-order valence-electron chi connectivity index (χ3n) is 8.36. The fraction of sp³-hybridized carbons (Fsp3) is 0.306. The lowest BCUT2D eigenvalue weighted by atomic mass is 9.93. The summed E-state index contributed by atoms with van der Waals surface area (Å²) >= 11 is 0. The van der Waals surface area contributed by atoms with Crippen molar-refractivity contribution in [3.8, 4) is 16.9 Å². The number of carbonyl (C=O) groups excluding carboxylic acids is 2. The second-order valence-corrected chi connectivity index (χ2v) is 11.7. The Labute approximate surface area is 272 Å². The van der Waals surface area contributed by atoms with Gasteiger partial charge < -0.3 is 25.2 Å². The summed E-state index contributed by atoms with van der Waals surface area (Å²) in [6.07, 6.45) is 5.67. The molecule has 244 valence electrons. The zero-order valence-corrected chi connectivity index (χ0v) is 26.4. The molecule has 0 saturated carbocycles. The van der Waals surface area contributed by atoms with Crippen molar-refractivity contribution in [2.45, 2.75) is 58.5 Å². The Hall–Kier alpha value is -5.45. The molecule has 1 atom stereocenters. The lowest BCUT2D eigenvalue weighted by molar-refractivity contribution is -0.145. The van der Waals surface area contributed by atoms with Gasteiger partial charge in [-0.05, 0) is 85.2 Å². The number of carboxylic acids is 2. The van der Waals surface area contributed by atoms with E-state index in [1.807, 2.05) is 54.4 Å². The van der Waals surface area contributed by atoms with Gasteiger partial charge in [0, 0.05) is 36.0 Å². The number of rotatable bonds is 13. The van der Waals surface area contributed by atoms with Gasteiger partial charge in [-0.25, -0.2) is 4.79 Å². The van der Waals surface area contributed by atoms with Crippen molar-refractivity contribution in [2.75, 3.05) is 18.1 Å². The molecule has 47 heavy (non-hydrogen) atoms. The van der Waals surface area contributed by atoms with Crippen molar-refractivity contribution in [3.05, 3.63) is 101 Å². The van der Waals surface area contributed by atoms with E-state index in [4.69, 9.17) is 9.84 Å². The Morgan fingerprint density at radius 3 is 2.60 bits per heavy atom. The first kappa shape index (κ1) is 32.9. The molecule has 0 saturated heterocycles. The number of hydrogen-bond donors (Lipinski definition) is 3. The first-order valence-electron chi connectivity index (χ1n) is 15.6. The van der Waals surface area contributed by atoms with E-state index < -0.39 is 30.3 Å². The second-order valence-electron chi connectivity index (χ2n) is 11.7. The van der Waals surface area contributed by atoms with Crippen LogP contribution in [0.25, 0.3) is 11.1 Å². The maximum absolute atomic E-state index is 13.3. The number of benzene rings is 3. The number of ether oxygens (including phenoxy) is 1. The topological polar surface area (TPSA) is 151 Å². The van der Waals surface area contributed by atoms with Crippen molar-refractivity contribution in [1.82, 2.24) is 15.1 Å². The molecular weight excluding hydrogens is 600 g/mol. The zero-order valence-electron chi connectivity index (χ0n) is 26.4. The summed E-state index contributed by atoms with van der Waals surface area (Å²) in [4.78, 5) is 50.2. The molecule has 1 unspecified atom stereocenters. The number of carboxylic acid groups (broad SMARTS) is 2.